The largest absolute Gasteiger partial charge is 0.293 e. The lowest BCUT2D eigenvalue weighted by Crippen LogP contribution is -2.43. The van der Waals surface area contributed by atoms with Crippen molar-refractivity contribution in [3.63, 3.8) is 0 Å². The summed E-state index contributed by atoms with van der Waals surface area (Å²) in [6, 6.07) is 1.77. The van der Waals surface area contributed by atoms with Gasteiger partial charge in [-0.15, -0.1) is 0 Å². The van der Waals surface area contributed by atoms with Gasteiger partial charge in [-0.05, 0) is 32.1 Å². The van der Waals surface area contributed by atoms with Gasteiger partial charge < -0.3 is 0 Å². The molecule has 0 amide bonds. The van der Waals surface area contributed by atoms with Crippen LogP contribution in [-0.2, 0) is 0 Å². The van der Waals surface area contributed by atoms with Crippen molar-refractivity contribution in [3.05, 3.63) is 6.54 Å². The third-order valence-corrected chi connectivity index (χ3v) is 5.64. The number of hydrogen-bond donors (Lipinski definition) is 0. The van der Waals surface area contributed by atoms with E-state index in [-0.39, 0.29) is 0 Å². The number of rotatable bonds is 9. The number of nitrogens with zero attached hydrogens (tertiary/aromatic N) is 1. The van der Waals surface area contributed by atoms with Gasteiger partial charge in [-0.3, -0.25) is 4.90 Å². The van der Waals surface area contributed by atoms with Gasteiger partial charge in [0.05, 0.1) is 0 Å². The smallest absolute Gasteiger partial charge is 0.0257 e. The lowest BCUT2D eigenvalue weighted by Gasteiger charge is -2.41. The second kappa shape index (κ2) is 10.6. The lowest BCUT2D eigenvalue weighted by molar-refractivity contribution is 0.108. The minimum Gasteiger partial charge on any atom is -0.293 e. The van der Waals surface area contributed by atoms with E-state index in [4.69, 9.17) is 0 Å². The summed E-state index contributed by atoms with van der Waals surface area (Å²) in [6.07, 6.45) is 23.1. The molecule has 1 radical (unpaired) electrons. The third kappa shape index (κ3) is 6.30. The van der Waals surface area contributed by atoms with Crippen molar-refractivity contribution in [3.8, 4) is 0 Å². The molecule has 0 bridgehead atoms. The van der Waals surface area contributed by atoms with Crippen molar-refractivity contribution in [1.29, 1.82) is 0 Å². The van der Waals surface area contributed by atoms with Crippen LogP contribution in [0.4, 0.5) is 0 Å². The second-order valence-electron chi connectivity index (χ2n) is 7.42. The van der Waals surface area contributed by atoms with E-state index >= 15 is 0 Å². The molecule has 0 aromatic heterocycles. The average Bonchev–Trinajstić information content (AvgIpc) is 2.56. The van der Waals surface area contributed by atoms with Gasteiger partial charge in [0.1, 0.15) is 0 Å². The average molecular weight is 293 g/mol. The first-order chi connectivity index (χ1) is 10.4. The highest BCUT2D eigenvalue weighted by molar-refractivity contribution is 4.88. The quantitative estimate of drug-likeness (QED) is 0.440. The van der Waals surface area contributed by atoms with E-state index in [0.29, 0.717) is 0 Å². The van der Waals surface area contributed by atoms with Gasteiger partial charge in [-0.1, -0.05) is 77.6 Å². The minimum absolute atomic E-state index is 0.887. The van der Waals surface area contributed by atoms with Crippen molar-refractivity contribution in [2.75, 3.05) is 0 Å². The van der Waals surface area contributed by atoms with Crippen LogP contribution in [0, 0.1) is 6.54 Å². The van der Waals surface area contributed by atoms with Crippen LogP contribution in [0.1, 0.15) is 110 Å². The van der Waals surface area contributed by atoms with E-state index in [1.807, 2.05) is 0 Å². The van der Waals surface area contributed by atoms with Gasteiger partial charge in [-0.2, -0.15) is 0 Å². The van der Waals surface area contributed by atoms with Crippen LogP contribution in [0.15, 0.2) is 0 Å². The Labute approximate surface area is 133 Å². The van der Waals surface area contributed by atoms with Gasteiger partial charge in [-0.25, -0.2) is 0 Å². The summed E-state index contributed by atoms with van der Waals surface area (Å²) >= 11 is 0. The fraction of sp³-hybridized carbons (Fsp3) is 0.950. The standard InChI is InChI=1S/C20H38N/c1-2-3-4-5-6-13-18-21(19-14-9-7-10-15-19)20-16-11-8-12-17-20/h18-20H,2-17H2,1H3. The first-order valence-electron chi connectivity index (χ1n) is 10.0. The Morgan fingerprint density at radius 2 is 1.24 bits per heavy atom. The molecule has 1 heteroatoms. The fourth-order valence-electron chi connectivity index (χ4n) is 4.34. The van der Waals surface area contributed by atoms with E-state index in [1.165, 1.54) is 103 Å². The van der Waals surface area contributed by atoms with Crippen LogP contribution in [0.3, 0.4) is 0 Å². The summed E-state index contributed by atoms with van der Waals surface area (Å²) in [5, 5.41) is 0. The fourth-order valence-corrected chi connectivity index (χ4v) is 4.34. The molecular formula is C20H38N. The highest BCUT2D eigenvalue weighted by Gasteiger charge is 2.28. The second-order valence-corrected chi connectivity index (χ2v) is 7.42. The zero-order valence-electron chi connectivity index (χ0n) is 14.5. The number of hydrogen-bond acceptors (Lipinski definition) is 1. The molecule has 2 aliphatic rings. The maximum atomic E-state index is 2.86. The third-order valence-electron chi connectivity index (χ3n) is 5.64. The van der Waals surface area contributed by atoms with E-state index in [9.17, 15) is 0 Å². The molecule has 123 valence electrons. The minimum atomic E-state index is 0.887. The summed E-state index contributed by atoms with van der Waals surface area (Å²) in [5.74, 6) is 0. The van der Waals surface area contributed by atoms with Crippen molar-refractivity contribution in [1.82, 2.24) is 4.90 Å². The maximum Gasteiger partial charge on any atom is 0.0257 e. The molecule has 0 N–H and O–H groups in total. The van der Waals surface area contributed by atoms with E-state index in [0.717, 1.165) is 12.1 Å². The molecule has 2 aliphatic carbocycles. The Balaban J connectivity index is 1.74. The molecule has 1 nitrogen and oxygen atoms in total. The van der Waals surface area contributed by atoms with Gasteiger partial charge >= 0.3 is 0 Å². The SMILES string of the molecule is CCCCCCC[CH]N(C1CCCCC1)C1CCCCC1. The van der Waals surface area contributed by atoms with Crippen molar-refractivity contribution < 1.29 is 0 Å². The maximum absolute atomic E-state index is 2.86. The van der Waals surface area contributed by atoms with Crippen LogP contribution >= 0.6 is 0 Å². The molecule has 0 heterocycles. The molecule has 0 aromatic rings. The van der Waals surface area contributed by atoms with E-state index < -0.39 is 0 Å². The van der Waals surface area contributed by atoms with Crippen LogP contribution in [0.5, 0.6) is 0 Å². The van der Waals surface area contributed by atoms with Gasteiger partial charge in [0.15, 0.2) is 0 Å². The van der Waals surface area contributed by atoms with Gasteiger partial charge in [0.25, 0.3) is 0 Å². The van der Waals surface area contributed by atoms with Crippen LogP contribution < -0.4 is 0 Å². The highest BCUT2D eigenvalue weighted by atomic mass is 15.2. The molecular weight excluding hydrogens is 254 g/mol. The lowest BCUT2D eigenvalue weighted by atomic mass is 9.88. The number of unbranched alkanes of at least 4 members (excludes halogenated alkanes) is 5. The highest BCUT2D eigenvalue weighted by Crippen LogP contribution is 2.31. The summed E-state index contributed by atoms with van der Waals surface area (Å²) in [7, 11) is 0. The first-order valence-corrected chi connectivity index (χ1v) is 10.0. The van der Waals surface area contributed by atoms with Crippen LogP contribution in [0.25, 0.3) is 0 Å². The molecule has 2 rings (SSSR count). The zero-order chi connectivity index (χ0) is 14.8. The molecule has 0 aromatic carbocycles. The Bertz CT molecular complexity index is 220. The molecule has 2 saturated carbocycles. The topological polar surface area (TPSA) is 3.24 Å². The first kappa shape index (κ1) is 17.3. The molecule has 2 fully saturated rings. The van der Waals surface area contributed by atoms with Crippen molar-refractivity contribution in [2.24, 2.45) is 0 Å². The van der Waals surface area contributed by atoms with Gasteiger partial charge in [0.2, 0.25) is 0 Å². The van der Waals surface area contributed by atoms with Crippen LogP contribution in [-0.4, -0.2) is 17.0 Å². The Kier molecular flexibility index (Phi) is 8.78. The summed E-state index contributed by atoms with van der Waals surface area (Å²) in [6.45, 7) is 4.94. The Hall–Kier alpha value is -0.0400. The summed E-state index contributed by atoms with van der Waals surface area (Å²) in [4.78, 5) is 2.86. The normalized spacial score (nSPS) is 22.0. The predicted octanol–water partition coefficient (Wildman–Crippen LogP) is 6.48. The molecule has 0 unspecified atom stereocenters. The predicted molar refractivity (Wildman–Crippen MR) is 93.3 cm³/mol. The van der Waals surface area contributed by atoms with Crippen molar-refractivity contribution >= 4 is 0 Å². The van der Waals surface area contributed by atoms with Gasteiger partial charge in [0, 0.05) is 18.6 Å². The molecule has 0 spiro atoms. The summed E-state index contributed by atoms with van der Waals surface area (Å²) < 4.78 is 0. The van der Waals surface area contributed by atoms with E-state index in [1.54, 1.807) is 0 Å². The Morgan fingerprint density at radius 1 is 0.714 bits per heavy atom. The molecule has 21 heavy (non-hydrogen) atoms. The molecule has 0 atom stereocenters. The zero-order valence-corrected chi connectivity index (χ0v) is 14.5. The van der Waals surface area contributed by atoms with Crippen LogP contribution in [0.2, 0.25) is 0 Å². The molecule has 0 saturated heterocycles. The monoisotopic (exact) mass is 292 g/mol. The van der Waals surface area contributed by atoms with Crippen molar-refractivity contribution in [2.45, 2.75) is 122 Å². The Morgan fingerprint density at radius 3 is 1.76 bits per heavy atom. The van der Waals surface area contributed by atoms with E-state index in [2.05, 4.69) is 18.4 Å². The molecule has 0 aliphatic heterocycles. The summed E-state index contributed by atoms with van der Waals surface area (Å²) in [5.41, 5.74) is 0.